The second kappa shape index (κ2) is 12.5. The van der Waals surface area contributed by atoms with Crippen LogP contribution in [0.5, 0.6) is 5.75 Å². The molecule has 0 aliphatic carbocycles. The molecular weight excluding hydrogens is 580 g/mol. The van der Waals surface area contributed by atoms with Crippen molar-refractivity contribution in [2.24, 2.45) is 11.7 Å². The molecule has 0 bridgehead atoms. The van der Waals surface area contributed by atoms with Crippen LogP contribution in [0.15, 0.2) is 34.9 Å². The molecule has 6 rings (SSSR count). The van der Waals surface area contributed by atoms with Gasteiger partial charge in [-0.1, -0.05) is 12.1 Å². The lowest BCUT2D eigenvalue weighted by atomic mass is 9.86. The molecule has 13 heteroatoms. The van der Waals surface area contributed by atoms with Crippen molar-refractivity contribution in [3.8, 4) is 5.75 Å². The number of ether oxygens (including phenoxy) is 1. The number of imidazole rings is 1. The first kappa shape index (κ1) is 30.9. The molecule has 2 N–H and O–H groups in total. The zero-order valence-electron chi connectivity index (χ0n) is 22.7. The summed E-state index contributed by atoms with van der Waals surface area (Å²) in [5.74, 6) is -1.05. The molecule has 0 unspecified atom stereocenters. The average molecular weight is 614 g/mol. The maximum atomic E-state index is 14.5. The number of hydrogen-bond acceptors (Lipinski definition) is 7. The number of anilines is 1. The van der Waals surface area contributed by atoms with E-state index < -0.39 is 29.4 Å². The molecule has 2 aliphatic heterocycles. The quantitative estimate of drug-likeness (QED) is 0.283. The molecule has 2 aliphatic rings. The van der Waals surface area contributed by atoms with Crippen LogP contribution in [0, 0.1) is 23.4 Å². The molecule has 3 atom stereocenters. The van der Waals surface area contributed by atoms with E-state index in [1.54, 1.807) is 0 Å². The number of rotatable bonds is 6. The number of hydrogen-bond donors (Lipinski definition) is 1. The molecule has 1 saturated heterocycles. The predicted molar refractivity (Wildman–Crippen MR) is 154 cm³/mol. The number of aryl methyl sites for hydroxylation is 1. The van der Waals surface area contributed by atoms with Crippen LogP contribution in [0.1, 0.15) is 49.8 Å². The fraction of sp³-hybridized carbons (Fsp3) is 0.464. The molecule has 2 aromatic carbocycles. The van der Waals surface area contributed by atoms with E-state index in [-0.39, 0.29) is 36.5 Å². The van der Waals surface area contributed by atoms with E-state index in [1.165, 1.54) is 0 Å². The minimum atomic E-state index is -1.21. The summed E-state index contributed by atoms with van der Waals surface area (Å²) >= 11 is 0. The molecule has 2 aromatic heterocycles. The van der Waals surface area contributed by atoms with Crippen molar-refractivity contribution in [1.82, 2.24) is 19.7 Å². The van der Waals surface area contributed by atoms with Crippen LogP contribution in [-0.2, 0) is 19.4 Å². The van der Waals surface area contributed by atoms with Crippen LogP contribution in [0.4, 0.5) is 19.2 Å². The fourth-order valence-electron chi connectivity index (χ4n) is 5.83. The van der Waals surface area contributed by atoms with Gasteiger partial charge in [0.1, 0.15) is 17.4 Å². The number of halogens is 5. The van der Waals surface area contributed by atoms with E-state index in [4.69, 9.17) is 20.0 Å². The zero-order valence-corrected chi connectivity index (χ0v) is 24.4. The van der Waals surface area contributed by atoms with Gasteiger partial charge in [0, 0.05) is 56.6 Å². The number of benzene rings is 2. The highest BCUT2D eigenvalue weighted by Gasteiger charge is 2.32. The van der Waals surface area contributed by atoms with E-state index in [0.717, 1.165) is 61.0 Å². The third-order valence-electron chi connectivity index (χ3n) is 8.12. The SMILES string of the molecule is CCc1noc(N2CCC([C@H](C)Oc3ccc4c(c3)nc3n4C[C@H](N)[C@@H](c4cc(F)c(F)cc4F)C3)CC2)n1.Cl.Cl. The minimum Gasteiger partial charge on any atom is -0.490 e. The summed E-state index contributed by atoms with van der Waals surface area (Å²) in [6.07, 6.45) is 2.97. The van der Waals surface area contributed by atoms with Gasteiger partial charge < -0.3 is 24.5 Å². The number of fused-ring (bicyclic) bond motifs is 3. The summed E-state index contributed by atoms with van der Waals surface area (Å²) < 4.78 is 55.6. The smallest absolute Gasteiger partial charge is 0.324 e. The van der Waals surface area contributed by atoms with Gasteiger partial charge in [0.2, 0.25) is 0 Å². The van der Waals surface area contributed by atoms with Gasteiger partial charge in [0.15, 0.2) is 17.5 Å². The Morgan fingerprint density at radius 3 is 2.49 bits per heavy atom. The number of nitrogens with two attached hydrogens (primary N) is 1. The van der Waals surface area contributed by atoms with Gasteiger partial charge in [-0.3, -0.25) is 0 Å². The van der Waals surface area contributed by atoms with E-state index in [9.17, 15) is 13.2 Å². The van der Waals surface area contributed by atoms with Crippen LogP contribution < -0.4 is 15.4 Å². The lowest BCUT2D eigenvalue weighted by molar-refractivity contribution is 0.132. The maximum absolute atomic E-state index is 14.5. The Kier molecular flexibility index (Phi) is 9.40. The van der Waals surface area contributed by atoms with Gasteiger partial charge in [0.05, 0.1) is 17.1 Å². The molecular formula is C28H33Cl2F3N6O2. The fourth-order valence-corrected chi connectivity index (χ4v) is 5.83. The second-order valence-corrected chi connectivity index (χ2v) is 10.5. The number of aromatic nitrogens is 4. The Hall–Kier alpha value is -3.02. The molecule has 0 spiro atoms. The van der Waals surface area contributed by atoms with Crippen LogP contribution >= 0.6 is 24.8 Å². The van der Waals surface area contributed by atoms with Crippen molar-refractivity contribution < 1.29 is 22.4 Å². The minimum absolute atomic E-state index is 0. The van der Waals surface area contributed by atoms with Crippen molar-refractivity contribution >= 4 is 41.9 Å². The third kappa shape index (κ3) is 5.98. The van der Waals surface area contributed by atoms with E-state index in [1.807, 2.05) is 29.7 Å². The standard InChI is InChI=1S/C28H31F3N6O2.2ClH/c1-3-26-34-28(39-35-26)36-8-6-16(7-9-36)15(2)38-17-4-5-25-24(10-17)33-27-12-19(23(32)14-37(25)27)18-11-21(30)22(31)13-20(18)29;;/h4-5,10-11,13,15-16,19,23H,3,6-9,12,14,32H2,1-2H3;2*1H/t15-,19+,23-;;/m0../s1. The molecule has 4 aromatic rings. The molecule has 41 heavy (non-hydrogen) atoms. The number of nitrogens with zero attached hydrogens (tertiary/aromatic N) is 5. The Morgan fingerprint density at radius 2 is 1.78 bits per heavy atom. The monoisotopic (exact) mass is 612 g/mol. The van der Waals surface area contributed by atoms with Gasteiger partial charge in [0.25, 0.3) is 0 Å². The van der Waals surface area contributed by atoms with Gasteiger partial charge in [-0.2, -0.15) is 4.98 Å². The largest absolute Gasteiger partial charge is 0.490 e. The van der Waals surface area contributed by atoms with Gasteiger partial charge in [-0.05, 0) is 49.4 Å². The lowest BCUT2D eigenvalue weighted by Gasteiger charge is -2.33. The Bertz CT molecular complexity index is 1510. The summed E-state index contributed by atoms with van der Waals surface area (Å²) in [4.78, 5) is 11.3. The normalized spacial score (nSPS) is 19.8. The highest BCUT2D eigenvalue weighted by Crippen LogP contribution is 2.35. The summed E-state index contributed by atoms with van der Waals surface area (Å²) in [6, 6.07) is 7.41. The zero-order chi connectivity index (χ0) is 27.3. The summed E-state index contributed by atoms with van der Waals surface area (Å²) in [7, 11) is 0. The highest BCUT2D eigenvalue weighted by atomic mass is 35.5. The molecule has 8 nitrogen and oxygen atoms in total. The van der Waals surface area contributed by atoms with Crippen LogP contribution in [0.2, 0.25) is 0 Å². The van der Waals surface area contributed by atoms with Crippen LogP contribution in [0.25, 0.3) is 11.0 Å². The highest BCUT2D eigenvalue weighted by molar-refractivity contribution is 5.85. The van der Waals surface area contributed by atoms with Gasteiger partial charge >= 0.3 is 6.01 Å². The third-order valence-corrected chi connectivity index (χ3v) is 8.12. The predicted octanol–water partition coefficient (Wildman–Crippen LogP) is 5.59. The van der Waals surface area contributed by atoms with Gasteiger partial charge in [-0.15, -0.1) is 24.8 Å². The average Bonchev–Trinajstić information content (AvgIpc) is 3.55. The lowest BCUT2D eigenvalue weighted by Crippen LogP contribution is -2.39. The van der Waals surface area contributed by atoms with E-state index >= 15 is 0 Å². The van der Waals surface area contributed by atoms with Crippen molar-refractivity contribution in [2.75, 3.05) is 18.0 Å². The second-order valence-electron chi connectivity index (χ2n) is 10.5. The molecule has 222 valence electrons. The van der Waals surface area contributed by atoms with Crippen LogP contribution in [-0.4, -0.2) is 44.9 Å². The summed E-state index contributed by atoms with van der Waals surface area (Å²) in [5, 5.41) is 3.99. The van der Waals surface area contributed by atoms with E-state index in [2.05, 4.69) is 22.0 Å². The topological polar surface area (TPSA) is 95.2 Å². The molecule has 4 heterocycles. The molecule has 0 amide bonds. The first-order valence-corrected chi connectivity index (χ1v) is 13.4. The van der Waals surface area contributed by atoms with Crippen molar-refractivity contribution in [2.45, 2.75) is 64.1 Å². The first-order chi connectivity index (χ1) is 18.8. The maximum Gasteiger partial charge on any atom is 0.324 e. The molecule has 0 radical (unpaired) electrons. The Balaban J connectivity index is 0.00000194. The first-order valence-electron chi connectivity index (χ1n) is 13.4. The summed E-state index contributed by atoms with van der Waals surface area (Å²) in [5.41, 5.74) is 8.13. The summed E-state index contributed by atoms with van der Waals surface area (Å²) in [6.45, 7) is 6.14. The molecule has 1 fully saturated rings. The Morgan fingerprint density at radius 1 is 1.05 bits per heavy atom. The van der Waals surface area contributed by atoms with Crippen molar-refractivity contribution in [3.63, 3.8) is 0 Å². The van der Waals surface area contributed by atoms with Crippen molar-refractivity contribution in [1.29, 1.82) is 0 Å². The van der Waals surface area contributed by atoms with Gasteiger partial charge in [-0.25, -0.2) is 18.2 Å². The molecule has 0 saturated carbocycles. The van der Waals surface area contributed by atoms with Crippen molar-refractivity contribution in [3.05, 3.63) is 65.0 Å². The Labute approximate surface area is 248 Å². The number of piperidine rings is 1. The van der Waals surface area contributed by atoms with E-state index in [0.29, 0.717) is 36.8 Å². The van der Waals surface area contributed by atoms with Crippen LogP contribution in [0.3, 0.4) is 0 Å².